The van der Waals surface area contributed by atoms with E-state index >= 15 is 0 Å². The minimum Gasteiger partial charge on any atom is -0.319 e. The molecule has 4 rings (SSSR count). The molecule has 0 atom stereocenters. The van der Waals surface area contributed by atoms with Gasteiger partial charge in [0, 0.05) is 16.8 Å². The van der Waals surface area contributed by atoms with Gasteiger partial charge in [0.2, 0.25) is 0 Å². The van der Waals surface area contributed by atoms with Gasteiger partial charge in [0.1, 0.15) is 0 Å². The van der Waals surface area contributed by atoms with E-state index in [2.05, 4.69) is 25.6 Å². The average molecular weight is 348 g/mol. The minimum absolute atomic E-state index is 0.151. The Morgan fingerprint density at radius 2 is 1.96 bits per heavy atom. The van der Waals surface area contributed by atoms with Crippen molar-refractivity contribution >= 4 is 33.4 Å². The van der Waals surface area contributed by atoms with E-state index < -0.39 is 5.91 Å². The monoisotopic (exact) mass is 348 g/mol. The molecule has 8 heteroatoms. The molecule has 0 radical (unpaired) electrons. The molecule has 0 saturated carbocycles. The maximum absolute atomic E-state index is 12.6. The summed E-state index contributed by atoms with van der Waals surface area (Å²) < 4.78 is 1.82. The van der Waals surface area contributed by atoms with Crippen LogP contribution in [0.4, 0.5) is 5.69 Å². The standard InChI is InChI=1S/C18H16N6O2/c1-10(2)24-16-11(8-20-24)7-12(9-19-16)21-18(26)15-13-5-3-4-6-14(13)17(25)23-22-15/h3-10H,1-2H3,(H,21,26)(H,23,25). The van der Waals surface area contributed by atoms with Gasteiger partial charge in [0.15, 0.2) is 11.3 Å². The van der Waals surface area contributed by atoms with E-state index in [-0.39, 0.29) is 17.3 Å². The molecule has 0 fully saturated rings. The molecule has 1 aromatic carbocycles. The Morgan fingerprint density at radius 3 is 2.73 bits per heavy atom. The molecule has 4 aromatic rings. The molecule has 26 heavy (non-hydrogen) atoms. The molecule has 0 aliphatic rings. The van der Waals surface area contributed by atoms with Crippen molar-refractivity contribution in [3.8, 4) is 0 Å². The highest BCUT2D eigenvalue weighted by molar-refractivity contribution is 6.11. The largest absolute Gasteiger partial charge is 0.319 e. The summed E-state index contributed by atoms with van der Waals surface area (Å²) in [5, 5.41) is 15.1. The number of aromatic amines is 1. The van der Waals surface area contributed by atoms with Crippen molar-refractivity contribution < 1.29 is 4.79 Å². The van der Waals surface area contributed by atoms with Crippen LogP contribution in [0.2, 0.25) is 0 Å². The number of fused-ring (bicyclic) bond motifs is 2. The fraction of sp³-hybridized carbons (Fsp3) is 0.167. The Kier molecular flexibility index (Phi) is 3.72. The quantitative estimate of drug-likeness (QED) is 0.592. The molecule has 3 heterocycles. The Balaban J connectivity index is 1.70. The second-order valence-corrected chi connectivity index (χ2v) is 6.22. The first-order chi connectivity index (χ1) is 12.5. The Labute approximate surface area is 147 Å². The van der Waals surface area contributed by atoms with Crippen LogP contribution in [-0.4, -0.2) is 30.9 Å². The molecule has 0 spiro atoms. The average Bonchev–Trinajstić information content (AvgIpc) is 3.05. The normalized spacial score (nSPS) is 11.3. The predicted octanol–water partition coefficient (Wildman–Crippen LogP) is 2.50. The van der Waals surface area contributed by atoms with Crippen LogP contribution < -0.4 is 10.9 Å². The summed E-state index contributed by atoms with van der Waals surface area (Å²) >= 11 is 0. The lowest BCUT2D eigenvalue weighted by Crippen LogP contribution is -2.19. The molecule has 0 bridgehead atoms. The van der Waals surface area contributed by atoms with E-state index in [0.29, 0.717) is 16.5 Å². The summed E-state index contributed by atoms with van der Waals surface area (Å²) in [4.78, 5) is 28.9. The fourth-order valence-corrected chi connectivity index (χ4v) is 2.86. The third-order valence-electron chi connectivity index (χ3n) is 4.09. The number of aromatic nitrogens is 5. The summed E-state index contributed by atoms with van der Waals surface area (Å²) in [6.07, 6.45) is 3.29. The van der Waals surface area contributed by atoms with E-state index in [1.165, 1.54) is 0 Å². The van der Waals surface area contributed by atoms with E-state index in [0.717, 1.165) is 11.0 Å². The van der Waals surface area contributed by atoms with Crippen LogP contribution >= 0.6 is 0 Å². The first kappa shape index (κ1) is 15.9. The third kappa shape index (κ3) is 2.61. The van der Waals surface area contributed by atoms with Gasteiger partial charge in [0.25, 0.3) is 11.5 Å². The summed E-state index contributed by atoms with van der Waals surface area (Å²) in [5.41, 5.74) is 1.10. The van der Waals surface area contributed by atoms with Crippen molar-refractivity contribution in [3.05, 3.63) is 58.8 Å². The van der Waals surface area contributed by atoms with Gasteiger partial charge in [-0.15, -0.1) is 0 Å². The minimum atomic E-state index is -0.421. The van der Waals surface area contributed by atoms with Gasteiger partial charge in [0.05, 0.1) is 23.5 Å². The number of carbonyl (C=O) groups is 1. The number of pyridine rings is 1. The highest BCUT2D eigenvalue weighted by atomic mass is 16.2. The second kappa shape index (κ2) is 6.07. The van der Waals surface area contributed by atoms with Gasteiger partial charge in [-0.05, 0) is 26.0 Å². The highest BCUT2D eigenvalue weighted by Crippen LogP contribution is 2.20. The van der Waals surface area contributed by atoms with Gasteiger partial charge >= 0.3 is 0 Å². The van der Waals surface area contributed by atoms with E-state index in [1.54, 1.807) is 42.7 Å². The molecule has 130 valence electrons. The zero-order chi connectivity index (χ0) is 18.3. The number of carbonyl (C=O) groups excluding carboxylic acids is 1. The summed E-state index contributed by atoms with van der Waals surface area (Å²) in [5.74, 6) is -0.421. The maximum atomic E-state index is 12.6. The Bertz CT molecular complexity index is 1190. The van der Waals surface area contributed by atoms with E-state index in [1.807, 2.05) is 18.5 Å². The lowest BCUT2D eigenvalue weighted by molar-refractivity contribution is 0.102. The van der Waals surface area contributed by atoms with Gasteiger partial charge in [-0.25, -0.2) is 14.8 Å². The number of rotatable bonds is 3. The topological polar surface area (TPSA) is 106 Å². The van der Waals surface area contributed by atoms with Crippen molar-refractivity contribution in [3.63, 3.8) is 0 Å². The SMILES string of the molecule is CC(C)n1ncc2cc(NC(=O)c3n[nH]c(=O)c4ccccc34)cnc21. The highest BCUT2D eigenvalue weighted by Gasteiger charge is 2.15. The number of hydrogen-bond donors (Lipinski definition) is 2. The van der Waals surface area contributed by atoms with Crippen LogP contribution in [0.3, 0.4) is 0 Å². The van der Waals surface area contributed by atoms with Gasteiger partial charge < -0.3 is 5.32 Å². The summed E-state index contributed by atoms with van der Waals surface area (Å²) in [7, 11) is 0. The van der Waals surface area contributed by atoms with Gasteiger partial charge in [-0.1, -0.05) is 18.2 Å². The van der Waals surface area contributed by atoms with Crippen molar-refractivity contribution in [1.82, 2.24) is 25.0 Å². The van der Waals surface area contributed by atoms with Gasteiger partial charge in [-0.3, -0.25) is 9.59 Å². The third-order valence-corrected chi connectivity index (χ3v) is 4.09. The first-order valence-electron chi connectivity index (χ1n) is 8.16. The molecule has 8 nitrogen and oxygen atoms in total. The molecule has 0 aliphatic carbocycles. The lowest BCUT2D eigenvalue weighted by Gasteiger charge is -2.08. The molecule has 2 N–H and O–H groups in total. The molecule has 1 amide bonds. The summed E-state index contributed by atoms with van der Waals surface area (Å²) in [6.45, 7) is 4.05. The van der Waals surface area contributed by atoms with Crippen molar-refractivity contribution in [2.24, 2.45) is 0 Å². The first-order valence-corrected chi connectivity index (χ1v) is 8.16. The van der Waals surface area contributed by atoms with E-state index in [9.17, 15) is 9.59 Å². The number of amides is 1. The van der Waals surface area contributed by atoms with Crippen molar-refractivity contribution in [2.45, 2.75) is 19.9 Å². The van der Waals surface area contributed by atoms with Crippen molar-refractivity contribution in [1.29, 1.82) is 0 Å². The number of H-pyrrole nitrogens is 1. The number of benzene rings is 1. The van der Waals surface area contributed by atoms with Crippen LogP contribution in [0.15, 0.2) is 47.5 Å². The summed E-state index contributed by atoms with van der Waals surface area (Å²) in [6, 6.07) is 8.84. The fourth-order valence-electron chi connectivity index (χ4n) is 2.86. The Morgan fingerprint density at radius 1 is 1.19 bits per heavy atom. The molecular formula is C18H16N6O2. The van der Waals surface area contributed by atoms with Gasteiger partial charge in [-0.2, -0.15) is 10.2 Å². The van der Waals surface area contributed by atoms with Crippen molar-refractivity contribution in [2.75, 3.05) is 5.32 Å². The molecule has 0 aliphatic heterocycles. The number of hydrogen-bond acceptors (Lipinski definition) is 5. The second-order valence-electron chi connectivity index (χ2n) is 6.22. The lowest BCUT2D eigenvalue weighted by atomic mass is 10.1. The molecule has 3 aromatic heterocycles. The van der Waals surface area contributed by atoms with Crippen LogP contribution in [0, 0.1) is 0 Å². The number of nitrogens with one attached hydrogen (secondary N) is 2. The van der Waals surface area contributed by atoms with Crippen LogP contribution in [0.1, 0.15) is 30.4 Å². The zero-order valence-electron chi connectivity index (χ0n) is 14.2. The van der Waals surface area contributed by atoms with Crippen LogP contribution in [0.25, 0.3) is 21.8 Å². The van der Waals surface area contributed by atoms with Crippen LogP contribution in [0.5, 0.6) is 0 Å². The maximum Gasteiger partial charge on any atom is 0.276 e. The predicted molar refractivity (Wildman–Crippen MR) is 98.2 cm³/mol. The number of nitrogens with zero attached hydrogens (tertiary/aromatic N) is 4. The molecule has 0 unspecified atom stereocenters. The van der Waals surface area contributed by atoms with E-state index in [4.69, 9.17) is 0 Å². The van der Waals surface area contributed by atoms with Crippen LogP contribution in [-0.2, 0) is 0 Å². The molecule has 0 saturated heterocycles. The Hall–Kier alpha value is -3.55. The number of anilines is 1. The smallest absolute Gasteiger partial charge is 0.276 e. The zero-order valence-corrected chi connectivity index (χ0v) is 14.2. The molecular weight excluding hydrogens is 332 g/mol.